The van der Waals surface area contributed by atoms with Crippen molar-refractivity contribution in [1.82, 2.24) is 15.0 Å². The average Bonchev–Trinajstić information content (AvgIpc) is 2.90. The molecule has 0 amide bonds. The Labute approximate surface area is 112 Å². The van der Waals surface area contributed by atoms with E-state index in [0.717, 1.165) is 17.5 Å². The Morgan fingerprint density at radius 1 is 1.32 bits per heavy atom. The van der Waals surface area contributed by atoms with E-state index in [1.165, 1.54) is 6.26 Å². The van der Waals surface area contributed by atoms with Gasteiger partial charge < -0.3 is 0 Å². The van der Waals surface area contributed by atoms with Gasteiger partial charge in [0.15, 0.2) is 9.84 Å². The Bertz CT molecular complexity index is 680. The summed E-state index contributed by atoms with van der Waals surface area (Å²) in [5.74, 6) is 0. The van der Waals surface area contributed by atoms with Crippen molar-refractivity contribution in [1.29, 1.82) is 0 Å². The van der Waals surface area contributed by atoms with Crippen molar-refractivity contribution in [3.05, 3.63) is 47.8 Å². The molecule has 0 aliphatic heterocycles. The maximum Gasteiger partial charge on any atom is 0.154 e. The van der Waals surface area contributed by atoms with Gasteiger partial charge in [-0.15, -0.1) is 5.10 Å². The highest BCUT2D eigenvalue weighted by Crippen LogP contribution is 2.39. The molecule has 6 heteroatoms. The van der Waals surface area contributed by atoms with Crippen LogP contribution in [0.15, 0.2) is 36.7 Å². The van der Waals surface area contributed by atoms with E-state index in [9.17, 15) is 8.42 Å². The molecule has 0 N–H and O–H groups in total. The van der Waals surface area contributed by atoms with Crippen molar-refractivity contribution < 1.29 is 8.42 Å². The van der Waals surface area contributed by atoms with Gasteiger partial charge >= 0.3 is 0 Å². The molecule has 100 valence electrons. The molecular formula is C13H15N3O2S. The van der Waals surface area contributed by atoms with Crippen molar-refractivity contribution in [2.45, 2.75) is 24.1 Å². The van der Waals surface area contributed by atoms with Gasteiger partial charge in [-0.25, -0.2) is 13.1 Å². The van der Waals surface area contributed by atoms with Crippen molar-refractivity contribution in [3.8, 4) is 0 Å². The topological polar surface area (TPSA) is 64.8 Å². The van der Waals surface area contributed by atoms with Crippen LogP contribution in [0.1, 0.15) is 28.8 Å². The van der Waals surface area contributed by atoms with E-state index in [2.05, 4.69) is 10.3 Å². The molecule has 5 nitrogen and oxygen atoms in total. The van der Waals surface area contributed by atoms with E-state index >= 15 is 0 Å². The fraction of sp³-hybridized carbons (Fsp3) is 0.385. The van der Waals surface area contributed by atoms with Crippen LogP contribution in [0.25, 0.3) is 0 Å². The molecule has 2 atom stereocenters. The fourth-order valence-corrected chi connectivity index (χ4v) is 4.03. The number of nitrogens with zero attached hydrogens (tertiary/aromatic N) is 3. The molecule has 0 radical (unpaired) electrons. The Hall–Kier alpha value is -1.69. The monoisotopic (exact) mass is 277 g/mol. The second-order valence-corrected chi connectivity index (χ2v) is 7.22. The summed E-state index contributed by atoms with van der Waals surface area (Å²) in [7, 11) is -3.12. The van der Waals surface area contributed by atoms with Crippen LogP contribution < -0.4 is 0 Å². The van der Waals surface area contributed by atoms with Crippen LogP contribution in [0.5, 0.6) is 0 Å². The molecule has 19 heavy (non-hydrogen) atoms. The molecule has 1 aliphatic rings. The first-order valence-corrected chi connectivity index (χ1v) is 8.13. The lowest BCUT2D eigenvalue weighted by molar-refractivity contribution is 0.386. The summed E-state index contributed by atoms with van der Waals surface area (Å²) in [4.78, 5) is 0. The van der Waals surface area contributed by atoms with Crippen molar-refractivity contribution in [3.63, 3.8) is 0 Å². The predicted molar refractivity (Wildman–Crippen MR) is 71.4 cm³/mol. The van der Waals surface area contributed by atoms with E-state index in [1.54, 1.807) is 17.1 Å². The predicted octanol–water partition coefficient (Wildman–Crippen LogP) is 1.55. The number of sulfone groups is 1. The maximum atomic E-state index is 12.0. The Kier molecular flexibility index (Phi) is 2.89. The molecule has 0 saturated heterocycles. The zero-order valence-electron chi connectivity index (χ0n) is 10.6. The highest BCUT2D eigenvalue weighted by atomic mass is 32.2. The number of aromatic nitrogens is 3. The van der Waals surface area contributed by atoms with Crippen molar-refractivity contribution in [2.75, 3.05) is 6.26 Å². The lowest BCUT2D eigenvalue weighted by atomic mass is 9.88. The molecule has 1 heterocycles. The van der Waals surface area contributed by atoms with Crippen molar-refractivity contribution in [2.24, 2.45) is 0 Å². The number of fused-ring (bicyclic) bond motifs is 1. The smallest absolute Gasteiger partial charge is 0.154 e. The van der Waals surface area contributed by atoms with Crippen LogP contribution in [0.4, 0.5) is 0 Å². The summed E-state index contributed by atoms with van der Waals surface area (Å²) in [6, 6.07) is 7.81. The third kappa shape index (κ3) is 2.28. The molecule has 1 aromatic heterocycles. The average molecular weight is 277 g/mol. The van der Waals surface area contributed by atoms with Crippen LogP contribution in [-0.4, -0.2) is 29.7 Å². The van der Waals surface area contributed by atoms with Crippen molar-refractivity contribution >= 4 is 9.84 Å². The van der Waals surface area contributed by atoms with Gasteiger partial charge in [-0.2, -0.15) is 0 Å². The second kappa shape index (κ2) is 4.45. The summed E-state index contributed by atoms with van der Waals surface area (Å²) in [6.45, 7) is 0. The van der Waals surface area contributed by atoms with Crippen LogP contribution in [-0.2, 0) is 16.3 Å². The largest absolute Gasteiger partial charge is 0.249 e. The van der Waals surface area contributed by atoms with Crippen LogP contribution in [0.3, 0.4) is 0 Å². The molecule has 1 unspecified atom stereocenters. The van der Waals surface area contributed by atoms with Gasteiger partial charge in [-0.1, -0.05) is 29.5 Å². The van der Waals surface area contributed by atoms with Gasteiger partial charge in [-0.3, -0.25) is 0 Å². The Balaban J connectivity index is 2.06. The lowest BCUT2D eigenvalue weighted by Gasteiger charge is -2.30. The normalized spacial score (nSPS) is 23.0. The van der Waals surface area contributed by atoms with E-state index < -0.39 is 15.1 Å². The highest BCUT2D eigenvalue weighted by Gasteiger charge is 2.34. The molecule has 0 fully saturated rings. The minimum Gasteiger partial charge on any atom is -0.249 e. The summed E-state index contributed by atoms with van der Waals surface area (Å²) in [5, 5.41) is 7.35. The van der Waals surface area contributed by atoms with Crippen LogP contribution in [0, 0.1) is 0 Å². The summed E-state index contributed by atoms with van der Waals surface area (Å²) in [5.41, 5.74) is 2.02. The lowest BCUT2D eigenvalue weighted by Crippen LogP contribution is -2.26. The molecule has 2 aromatic rings. The quantitative estimate of drug-likeness (QED) is 0.835. The number of rotatable bonds is 2. The summed E-state index contributed by atoms with van der Waals surface area (Å²) in [6.07, 6.45) is 6.07. The maximum absolute atomic E-state index is 12.0. The summed E-state index contributed by atoms with van der Waals surface area (Å²) >= 11 is 0. The van der Waals surface area contributed by atoms with Gasteiger partial charge in [0.05, 0.1) is 17.5 Å². The highest BCUT2D eigenvalue weighted by molar-refractivity contribution is 7.90. The molecule has 3 rings (SSSR count). The first-order chi connectivity index (χ1) is 9.05. The number of hydrogen-bond donors (Lipinski definition) is 0. The first kappa shape index (κ1) is 12.3. The second-order valence-electron chi connectivity index (χ2n) is 4.99. The van der Waals surface area contributed by atoms with E-state index in [0.29, 0.717) is 6.42 Å². The number of hydrogen-bond acceptors (Lipinski definition) is 4. The van der Waals surface area contributed by atoms with Gasteiger partial charge in [0.25, 0.3) is 0 Å². The Morgan fingerprint density at radius 3 is 2.79 bits per heavy atom. The van der Waals surface area contributed by atoms with E-state index in [4.69, 9.17) is 0 Å². The third-order valence-corrected chi connectivity index (χ3v) is 5.16. The minimum atomic E-state index is -3.12. The molecule has 0 spiro atoms. The molecule has 1 aliphatic carbocycles. The zero-order chi connectivity index (χ0) is 13.5. The van der Waals surface area contributed by atoms with E-state index in [1.807, 2.05) is 24.3 Å². The molecular weight excluding hydrogens is 262 g/mol. The SMILES string of the molecule is CS(=O)(=O)C1C[C@H](n2ccnn2)Cc2ccccc21. The van der Waals surface area contributed by atoms with Gasteiger partial charge in [0.2, 0.25) is 0 Å². The van der Waals surface area contributed by atoms with Crippen LogP contribution >= 0.6 is 0 Å². The summed E-state index contributed by atoms with van der Waals surface area (Å²) < 4.78 is 25.8. The van der Waals surface area contributed by atoms with E-state index in [-0.39, 0.29) is 6.04 Å². The Morgan fingerprint density at radius 2 is 2.11 bits per heavy atom. The standard InChI is InChI=1S/C13H15N3O2S/c1-19(17,18)13-9-11(16-7-6-14-15-16)8-10-4-2-3-5-12(10)13/h2-7,11,13H,8-9H2,1H3/t11-,13?/m1/s1. The molecule has 0 saturated carbocycles. The van der Waals surface area contributed by atoms with Crippen LogP contribution in [0.2, 0.25) is 0 Å². The van der Waals surface area contributed by atoms with Gasteiger partial charge in [0.1, 0.15) is 0 Å². The molecule has 0 bridgehead atoms. The van der Waals surface area contributed by atoms with Gasteiger partial charge in [-0.05, 0) is 24.0 Å². The number of benzene rings is 1. The first-order valence-electron chi connectivity index (χ1n) is 6.18. The zero-order valence-corrected chi connectivity index (χ0v) is 11.4. The fourth-order valence-electron chi connectivity index (χ4n) is 2.76. The molecule has 1 aromatic carbocycles. The minimum absolute atomic E-state index is 0.0529. The third-order valence-electron chi connectivity index (χ3n) is 3.68. The van der Waals surface area contributed by atoms with Gasteiger partial charge in [0, 0.05) is 12.5 Å².